The quantitative estimate of drug-likeness (QED) is 0.279. The molecule has 1 aromatic carbocycles. The molecule has 2 aromatic rings. The third-order valence-electron chi connectivity index (χ3n) is 16.2. The number of hydrogen-bond donors (Lipinski definition) is 2. The number of methoxy groups -OCH3 is 3. The largest absolute Gasteiger partial charge is 0.501 e. The summed E-state index contributed by atoms with van der Waals surface area (Å²) in [5, 5.41) is 14.3. The van der Waals surface area contributed by atoms with Gasteiger partial charge in [-0.25, -0.2) is 13.6 Å². The Bertz CT molecular complexity index is 2150. The molecular weight excluding hydrogens is 763 g/mol. The summed E-state index contributed by atoms with van der Waals surface area (Å²) >= 11 is 0. The Balaban J connectivity index is 1.28. The van der Waals surface area contributed by atoms with Gasteiger partial charge in [-0.15, -0.1) is 0 Å². The van der Waals surface area contributed by atoms with E-state index in [0.717, 1.165) is 47.6 Å². The van der Waals surface area contributed by atoms with E-state index in [-0.39, 0.29) is 31.3 Å². The number of aromatic nitrogens is 1. The summed E-state index contributed by atoms with van der Waals surface area (Å²) in [7, 11) is 6.10. The normalized spacial score (nSPS) is 38.9. The van der Waals surface area contributed by atoms with E-state index in [0.29, 0.717) is 56.8 Å². The van der Waals surface area contributed by atoms with E-state index < -0.39 is 69.7 Å². The summed E-state index contributed by atoms with van der Waals surface area (Å²) in [5.74, 6) is -6.15. The number of rotatable bonds is 7. The number of aromatic amines is 1. The number of aliphatic hydroxyl groups is 1. The van der Waals surface area contributed by atoms with Gasteiger partial charge in [0, 0.05) is 84.6 Å². The minimum absolute atomic E-state index is 0.226. The number of para-hydroxylation sites is 1. The number of fused-ring (bicyclic) bond motifs is 5. The van der Waals surface area contributed by atoms with Crippen LogP contribution in [0.4, 0.5) is 8.78 Å². The highest BCUT2D eigenvalue weighted by Crippen LogP contribution is 2.71. The van der Waals surface area contributed by atoms with E-state index >= 15 is 13.6 Å². The molecule has 9 rings (SSSR count). The first-order valence-corrected chi connectivity index (χ1v) is 21.3. The molecule has 2 unspecified atom stereocenters. The second-order valence-corrected chi connectivity index (χ2v) is 18.8. The van der Waals surface area contributed by atoms with E-state index in [9.17, 15) is 14.7 Å². The molecule has 1 saturated carbocycles. The second-order valence-electron chi connectivity index (χ2n) is 18.8. The average molecular weight is 821 g/mol. The third kappa shape index (κ3) is 5.30. The maximum Gasteiger partial charge on any atom is 0.344 e. The smallest absolute Gasteiger partial charge is 0.344 e. The number of hydrogen-bond acceptors (Lipinski definition) is 11. The number of halogens is 2. The van der Waals surface area contributed by atoms with Crippen LogP contribution >= 0.6 is 0 Å². The number of carbonyl (C=O) groups excluding carboxylic acids is 3. The molecule has 4 fully saturated rings. The summed E-state index contributed by atoms with van der Waals surface area (Å²) in [6.07, 6.45) is 4.10. The number of esters is 3. The van der Waals surface area contributed by atoms with Crippen molar-refractivity contribution in [3.05, 3.63) is 58.6 Å². The van der Waals surface area contributed by atoms with Crippen LogP contribution in [0.5, 0.6) is 0 Å². The van der Waals surface area contributed by atoms with Crippen molar-refractivity contribution in [1.82, 2.24) is 19.7 Å². The van der Waals surface area contributed by atoms with Crippen LogP contribution in [0.1, 0.15) is 77.0 Å². The lowest BCUT2D eigenvalue weighted by atomic mass is 9.45. The van der Waals surface area contributed by atoms with Gasteiger partial charge in [-0.1, -0.05) is 25.1 Å². The molecule has 2 bridgehead atoms. The number of likely N-dealkylation sites (N-methyl/N-ethyl adjacent to an activating group) is 1. The summed E-state index contributed by atoms with van der Waals surface area (Å²) in [5.41, 5.74) is -1.12. The zero-order valence-electron chi connectivity index (χ0n) is 35.2. The van der Waals surface area contributed by atoms with Crippen molar-refractivity contribution in [2.75, 3.05) is 54.6 Å². The minimum atomic E-state index is -2.92. The van der Waals surface area contributed by atoms with Crippen LogP contribution in [-0.2, 0) is 45.3 Å². The fourth-order valence-electron chi connectivity index (χ4n) is 14.3. The number of H-pyrrole nitrogens is 1. The van der Waals surface area contributed by atoms with Gasteiger partial charge in [0.05, 0.1) is 27.4 Å². The molecule has 0 radical (unpaired) electrons. The molecule has 11 atom stereocenters. The first-order valence-electron chi connectivity index (χ1n) is 21.3. The molecule has 1 aromatic heterocycles. The van der Waals surface area contributed by atoms with E-state index in [1.54, 1.807) is 7.11 Å². The van der Waals surface area contributed by atoms with Crippen LogP contribution < -0.4 is 0 Å². The minimum Gasteiger partial charge on any atom is -0.501 e. The highest BCUT2D eigenvalue weighted by atomic mass is 19.3. The lowest BCUT2D eigenvalue weighted by molar-refractivity contribution is -0.259. The first-order chi connectivity index (χ1) is 28.1. The summed E-state index contributed by atoms with van der Waals surface area (Å²) in [6, 6.07) is 6.76. The van der Waals surface area contributed by atoms with Gasteiger partial charge in [0.15, 0.2) is 6.10 Å². The zero-order chi connectivity index (χ0) is 42.0. The highest BCUT2D eigenvalue weighted by Gasteiger charge is 2.81. The van der Waals surface area contributed by atoms with Crippen LogP contribution in [0.15, 0.2) is 47.4 Å². The Morgan fingerprint density at radius 1 is 1.03 bits per heavy atom. The van der Waals surface area contributed by atoms with E-state index in [4.69, 9.17) is 18.9 Å². The Kier molecular flexibility index (Phi) is 9.42. The lowest BCUT2D eigenvalue weighted by Crippen LogP contribution is -2.80. The van der Waals surface area contributed by atoms with Gasteiger partial charge in [-0.3, -0.25) is 19.4 Å². The molecule has 14 heteroatoms. The van der Waals surface area contributed by atoms with Gasteiger partial charge < -0.3 is 33.9 Å². The molecule has 2 aliphatic carbocycles. The predicted molar refractivity (Wildman–Crippen MR) is 213 cm³/mol. The number of carbonyl (C=O) groups is 3. The van der Waals surface area contributed by atoms with Crippen LogP contribution in [-0.4, -0.2) is 127 Å². The molecule has 1 spiro atoms. The maximum atomic E-state index is 15.3. The summed E-state index contributed by atoms with van der Waals surface area (Å²) in [4.78, 5) is 52.9. The van der Waals surface area contributed by atoms with Crippen molar-refractivity contribution >= 4 is 28.8 Å². The monoisotopic (exact) mass is 820 g/mol. The van der Waals surface area contributed by atoms with Gasteiger partial charge in [-0.05, 0) is 94.2 Å². The van der Waals surface area contributed by atoms with Gasteiger partial charge >= 0.3 is 17.9 Å². The molecule has 59 heavy (non-hydrogen) atoms. The van der Waals surface area contributed by atoms with Gasteiger partial charge in [0.1, 0.15) is 11.2 Å². The number of alkyl halides is 2. The third-order valence-corrected chi connectivity index (χ3v) is 16.2. The number of allylic oxidation sites excluding steroid dienone is 2. The van der Waals surface area contributed by atoms with Crippen LogP contribution in [0.2, 0.25) is 0 Å². The lowest BCUT2D eigenvalue weighted by Gasteiger charge is -2.65. The number of piperidine rings is 2. The molecular formula is C45H58F2N4O8. The van der Waals surface area contributed by atoms with Crippen molar-refractivity contribution in [3.8, 4) is 0 Å². The number of nitrogens with zero attached hydrogens (tertiary/aromatic N) is 3. The van der Waals surface area contributed by atoms with Crippen molar-refractivity contribution in [2.24, 2.45) is 28.6 Å². The molecule has 6 heterocycles. The van der Waals surface area contributed by atoms with E-state index in [2.05, 4.69) is 14.8 Å². The zero-order valence-corrected chi connectivity index (χ0v) is 35.2. The Morgan fingerprint density at radius 3 is 2.46 bits per heavy atom. The van der Waals surface area contributed by atoms with E-state index in [1.165, 1.54) is 21.1 Å². The molecule has 5 aliphatic heterocycles. The van der Waals surface area contributed by atoms with Gasteiger partial charge in [-0.2, -0.15) is 0 Å². The van der Waals surface area contributed by atoms with Crippen LogP contribution in [0, 0.1) is 28.6 Å². The average Bonchev–Trinajstić information content (AvgIpc) is 3.86. The van der Waals surface area contributed by atoms with Crippen molar-refractivity contribution in [1.29, 1.82) is 0 Å². The first kappa shape index (κ1) is 40.4. The fourth-order valence-corrected chi connectivity index (χ4v) is 14.3. The topological polar surface area (TPSA) is 134 Å². The Hall–Kier alpha value is -4.01. The standard InChI is InChI=1S/C45H58F2N4O8/c1-8-42-14-11-16-51-17-15-43(36(42)51)30-19-31(34(56-5)20-33(30)49(4)37(43)45(55,40(54)58-7)38(42)59-25(2)52)44(39(53)57-6)21-26-18-27(41(3,46)47)23-50(22-26)24-29-28-12-9-10-13-32(28)48-35(29)44/h9-10,12-13,20,26-27,31,36-38,48,55H,8,11,14-19,21-24H2,1-7H3/t26-,27-,31?,36+,37-,38-,42-,43-,44+,45+/m1/s1. The second kappa shape index (κ2) is 13.8. The number of nitrogens with one attached hydrogen (secondary N) is 1. The van der Waals surface area contributed by atoms with Crippen LogP contribution in [0.25, 0.3) is 10.9 Å². The Morgan fingerprint density at radius 2 is 1.78 bits per heavy atom. The number of benzene rings is 1. The van der Waals surface area contributed by atoms with Gasteiger partial charge in [0.2, 0.25) is 11.5 Å². The molecule has 320 valence electrons. The van der Waals surface area contributed by atoms with Crippen molar-refractivity contribution in [3.63, 3.8) is 0 Å². The molecule has 3 saturated heterocycles. The SMILES string of the molecule is CC[C@]12CCCN3CC[C@@]4(C5=C(C=C(OC)C([C@@]6(C(=O)OC)C[C@H]7C[C@@H](C(C)(F)F)CN(Cc8c6[nH]c6ccccc86)C7)C5)N(C)[C@H]4[C@@](O)(C(=O)OC)[C@@H]1OC(C)=O)[C@@H]32. The van der Waals surface area contributed by atoms with Crippen LogP contribution in [0.3, 0.4) is 0 Å². The summed E-state index contributed by atoms with van der Waals surface area (Å²) in [6.45, 7) is 7.04. The predicted octanol–water partition coefficient (Wildman–Crippen LogP) is 5.29. The molecule has 2 N–H and O–H groups in total. The fraction of sp³-hybridized carbons (Fsp3) is 0.667. The van der Waals surface area contributed by atoms with E-state index in [1.807, 2.05) is 49.2 Å². The van der Waals surface area contributed by atoms with Crippen molar-refractivity contribution in [2.45, 2.75) is 107 Å². The highest BCUT2D eigenvalue weighted by molar-refractivity contribution is 5.91. The molecule has 0 amide bonds. The van der Waals surface area contributed by atoms with Crippen molar-refractivity contribution < 1.29 is 47.2 Å². The van der Waals surface area contributed by atoms with Gasteiger partial charge in [0.25, 0.3) is 0 Å². The Labute approximate surface area is 344 Å². The molecule has 7 aliphatic rings. The summed E-state index contributed by atoms with van der Waals surface area (Å²) < 4.78 is 54.6. The number of ether oxygens (including phenoxy) is 4. The maximum absolute atomic E-state index is 15.3. The molecule has 12 nitrogen and oxygen atoms in total.